The van der Waals surface area contributed by atoms with E-state index in [1.807, 2.05) is 0 Å². The van der Waals surface area contributed by atoms with Crippen molar-refractivity contribution in [2.75, 3.05) is 19.4 Å². The average molecular weight is 290 g/mol. The SMILES string of the molecule is CCNC(=O)c1ccc(-n2cc(N)c(C(=O)OC)n2)nn1. The second-order valence-corrected chi connectivity index (χ2v) is 4.01. The second-order valence-electron chi connectivity index (χ2n) is 4.01. The molecular weight excluding hydrogens is 276 g/mol. The summed E-state index contributed by atoms with van der Waals surface area (Å²) in [5.74, 6) is -0.630. The molecule has 9 nitrogen and oxygen atoms in total. The lowest BCUT2D eigenvalue weighted by Gasteiger charge is -2.02. The van der Waals surface area contributed by atoms with Gasteiger partial charge in [0.2, 0.25) is 0 Å². The van der Waals surface area contributed by atoms with Crippen LogP contribution < -0.4 is 11.1 Å². The number of nitrogens with zero attached hydrogens (tertiary/aromatic N) is 4. The molecule has 0 fully saturated rings. The van der Waals surface area contributed by atoms with Crippen molar-refractivity contribution in [2.24, 2.45) is 0 Å². The van der Waals surface area contributed by atoms with Crippen LogP contribution in [0.4, 0.5) is 5.69 Å². The van der Waals surface area contributed by atoms with Crippen LogP contribution in [0.2, 0.25) is 0 Å². The van der Waals surface area contributed by atoms with Crippen LogP contribution in [-0.4, -0.2) is 45.5 Å². The third-order valence-corrected chi connectivity index (χ3v) is 2.58. The fraction of sp³-hybridized carbons (Fsp3) is 0.250. The van der Waals surface area contributed by atoms with Gasteiger partial charge >= 0.3 is 5.97 Å². The summed E-state index contributed by atoms with van der Waals surface area (Å²) in [6.45, 7) is 2.31. The van der Waals surface area contributed by atoms with Gasteiger partial charge in [-0.25, -0.2) is 9.48 Å². The number of nitrogens with two attached hydrogens (primary N) is 1. The Morgan fingerprint density at radius 1 is 1.38 bits per heavy atom. The van der Waals surface area contributed by atoms with Crippen LogP contribution in [-0.2, 0) is 4.74 Å². The topological polar surface area (TPSA) is 125 Å². The van der Waals surface area contributed by atoms with Crippen LogP contribution in [0.5, 0.6) is 0 Å². The molecule has 2 aromatic heterocycles. The first-order valence-corrected chi connectivity index (χ1v) is 6.12. The summed E-state index contributed by atoms with van der Waals surface area (Å²) in [7, 11) is 1.24. The van der Waals surface area contributed by atoms with Gasteiger partial charge in [-0.2, -0.15) is 5.10 Å². The Labute approximate surface area is 120 Å². The zero-order valence-corrected chi connectivity index (χ0v) is 11.5. The summed E-state index contributed by atoms with van der Waals surface area (Å²) in [5.41, 5.74) is 6.02. The zero-order chi connectivity index (χ0) is 15.4. The Morgan fingerprint density at radius 3 is 2.71 bits per heavy atom. The third kappa shape index (κ3) is 2.96. The van der Waals surface area contributed by atoms with Gasteiger partial charge in [-0.1, -0.05) is 0 Å². The third-order valence-electron chi connectivity index (χ3n) is 2.58. The van der Waals surface area contributed by atoms with Gasteiger partial charge in [0, 0.05) is 6.54 Å². The lowest BCUT2D eigenvalue weighted by molar-refractivity contribution is 0.0594. The van der Waals surface area contributed by atoms with Gasteiger partial charge in [0.05, 0.1) is 19.0 Å². The number of rotatable bonds is 4. The quantitative estimate of drug-likeness (QED) is 0.745. The van der Waals surface area contributed by atoms with E-state index in [0.29, 0.717) is 12.4 Å². The number of hydrogen-bond acceptors (Lipinski definition) is 7. The summed E-state index contributed by atoms with van der Waals surface area (Å²) in [6.07, 6.45) is 1.42. The monoisotopic (exact) mass is 290 g/mol. The minimum Gasteiger partial charge on any atom is -0.464 e. The van der Waals surface area contributed by atoms with E-state index in [0.717, 1.165) is 0 Å². The van der Waals surface area contributed by atoms with Gasteiger partial charge in [-0.3, -0.25) is 4.79 Å². The standard InChI is InChI=1S/C12H14N6O3/c1-3-14-11(19)8-4-5-9(16-15-8)18-6-7(13)10(17-18)12(20)21-2/h4-6H,3,13H2,1-2H3,(H,14,19). The molecule has 1 amide bonds. The first kappa shape index (κ1) is 14.4. The molecule has 0 aliphatic rings. The van der Waals surface area contributed by atoms with Crippen LogP contribution in [0.25, 0.3) is 5.82 Å². The highest BCUT2D eigenvalue weighted by Gasteiger charge is 2.16. The molecule has 0 radical (unpaired) electrons. The fourth-order valence-electron chi connectivity index (χ4n) is 1.58. The van der Waals surface area contributed by atoms with Crippen LogP contribution in [0.15, 0.2) is 18.3 Å². The molecule has 0 atom stereocenters. The van der Waals surface area contributed by atoms with E-state index in [9.17, 15) is 9.59 Å². The first-order chi connectivity index (χ1) is 10.1. The predicted molar refractivity (Wildman–Crippen MR) is 72.9 cm³/mol. The number of methoxy groups -OCH3 is 1. The molecule has 110 valence electrons. The van der Waals surface area contributed by atoms with Crippen LogP contribution in [0, 0.1) is 0 Å². The lowest BCUT2D eigenvalue weighted by atomic mass is 10.3. The molecule has 2 heterocycles. The number of carbonyl (C=O) groups excluding carboxylic acids is 2. The van der Waals surface area contributed by atoms with Gasteiger partial charge in [-0.05, 0) is 19.1 Å². The Kier molecular flexibility index (Phi) is 4.12. The van der Waals surface area contributed by atoms with Gasteiger partial charge in [0.25, 0.3) is 5.91 Å². The Morgan fingerprint density at radius 2 is 2.14 bits per heavy atom. The highest BCUT2D eigenvalue weighted by atomic mass is 16.5. The van der Waals surface area contributed by atoms with Crippen molar-refractivity contribution in [3.05, 3.63) is 29.7 Å². The molecule has 0 aliphatic carbocycles. The summed E-state index contributed by atoms with van der Waals surface area (Å²) in [4.78, 5) is 23.0. The number of esters is 1. The summed E-state index contributed by atoms with van der Waals surface area (Å²) >= 11 is 0. The molecule has 0 unspecified atom stereocenters. The number of anilines is 1. The van der Waals surface area contributed by atoms with Crippen molar-refractivity contribution < 1.29 is 14.3 Å². The predicted octanol–water partition coefficient (Wildman–Crippen LogP) is -0.219. The molecule has 0 saturated carbocycles. The molecule has 2 rings (SSSR count). The number of hydrogen-bond donors (Lipinski definition) is 2. The van der Waals surface area contributed by atoms with Crippen molar-refractivity contribution in [1.82, 2.24) is 25.3 Å². The second kappa shape index (κ2) is 5.99. The molecule has 21 heavy (non-hydrogen) atoms. The minimum atomic E-state index is -0.641. The van der Waals surface area contributed by atoms with Crippen molar-refractivity contribution in [3.63, 3.8) is 0 Å². The number of carbonyl (C=O) groups is 2. The molecule has 9 heteroatoms. The van der Waals surface area contributed by atoms with Crippen LogP contribution >= 0.6 is 0 Å². The molecule has 0 bridgehead atoms. The van der Waals surface area contributed by atoms with Gasteiger partial charge in [-0.15, -0.1) is 10.2 Å². The Bertz CT molecular complexity index is 664. The molecule has 0 saturated heterocycles. The molecule has 0 aromatic carbocycles. The van der Waals surface area contributed by atoms with E-state index in [-0.39, 0.29) is 23.0 Å². The molecule has 0 spiro atoms. The zero-order valence-electron chi connectivity index (χ0n) is 11.5. The minimum absolute atomic E-state index is 0.00731. The highest BCUT2D eigenvalue weighted by molar-refractivity contribution is 5.93. The van der Waals surface area contributed by atoms with Gasteiger partial charge in [0.1, 0.15) is 0 Å². The maximum atomic E-state index is 11.6. The van der Waals surface area contributed by atoms with Crippen molar-refractivity contribution in [2.45, 2.75) is 6.92 Å². The van der Waals surface area contributed by atoms with E-state index in [4.69, 9.17) is 5.73 Å². The normalized spacial score (nSPS) is 10.2. The van der Waals surface area contributed by atoms with E-state index in [1.54, 1.807) is 13.0 Å². The molecule has 0 aliphatic heterocycles. The fourth-order valence-corrected chi connectivity index (χ4v) is 1.58. The number of aromatic nitrogens is 4. The van der Waals surface area contributed by atoms with Gasteiger partial charge < -0.3 is 15.8 Å². The first-order valence-electron chi connectivity index (χ1n) is 6.12. The Balaban J connectivity index is 2.27. The van der Waals surface area contributed by atoms with Gasteiger partial charge in [0.15, 0.2) is 17.2 Å². The lowest BCUT2D eigenvalue weighted by Crippen LogP contribution is -2.24. The summed E-state index contributed by atoms with van der Waals surface area (Å²) < 4.78 is 5.85. The number of nitrogens with one attached hydrogen (secondary N) is 1. The maximum Gasteiger partial charge on any atom is 0.360 e. The van der Waals surface area contributed by atoms with E-state index in [2.05, 4.69) is 25.3 Å². The van der Waals surface area contributed by atoms with Crippen molar-refractivity contribution in [3.8, 4) is 5.82 Å². The average Bonchev–Trinajstić information content (AvgIpc) is 2.89. The van der Waals surface area contributed by atoms with Crippen molar-refractivity contribution >= 4 is 17.6 Å². The summed E-state index contributed by atoms with van der Waals surface area (Å²) in [5, 5.41) is 14.3. The maximum absolute atomic E-state index is 11.6. The highest BCUT2D eigenvalue weighted by Crippen LogP contribution is 2.13. The van der Waals surface area contributed by atoms with Crippen LogP contribution in [0.3, 0.4) is 0 Å². The van der Waals surface area contributed by atoms with Crippen molar-refractivity contribution in [1.29, 1.82) is 0 Å². The molecule has 2 aromatic rings. The Hall–Kier alpha value is -2.97. The summed E-state index contributed by atoms with van der Waals surface area (Å²) in [6, 6.07) is 3.05. The number of nitrogen functional groups attached to an aromatic ring is 1. The number of ether oxygens (including phenoxy) is 1. The number of amides is 1. The molecular formula is C12H14N6O3. The van der Waals surface area contributed by atoms with E-state index < -0.39 is 5.97 Å². The smallest absolute Gasteiger partial charge is 0.360 e. The van der Waals surface area contributed by atoms with Crippen LogP contribution in [0.1, 0.15) is 27.9 Å². The molecule has 3 N–H and O–H groups in total. The largest absolute Gasteiger partial charge is 0.464 e. The van der Waals surface area contributed by atoms with E-state index >= 15 is 0 Å². The van der Waals surface area contributed by atoms with E-state index in [1.165, 1.54) is 24.1 Å².